The molecule has 0 radical (unpaired) electrons. The molecule has 0 heterocycles. The van der Waals surface area contributed by atoms with E-state index in [1.165, 1.54) is 18.2 Å². The third kappa shape index (κ3) is 3.77. The van der Waals surface area contributed by atoms with Gasteiger partial charge in [0.15, 0.2) is 0 Å². The maximum Gasteiger partial charge on any atom is 0.137 e. The fourth-order valence-electron chi connectivity index (χ4n) is 1.84. The summed E-state index contributed by atoms with van der Waals surface area (Å²) in [5.41, 5.74) is 6.89. The molecule has 2 aromatic rings. The van der Waals surface area contributed by atoms with Crippen molar-refractivity contribution in [1.82, 2.24) is 0 Å². The van der Waals surface area contributed by atoms with Crippen LogP contribution >= 0.6 is 15.9 Å². The Bertz CT molecular complexity index is 604. The minimum Gasteiger partial charge on any atom is -0.489 e. The number of halogens is 3. The van der Waals surface area contributed by atoms with Gasteiger partial charge in [-0.05, 0) is 52.7 Å². The van der Waals surface area contributed by atoms with E-state index in [1.807, 2.05) is 0 Å². The van der Waals surface area contributed by atoms with Gasteiger partial charge in [-0.25, -0.2) is 8.78 Å². The molecule has 0 saturated heterocycles. The van der Waals surface area contributed by atoms with E-state index in [2.05, 4.69) is 15.9 Å². The molecule has 2 rings (SSSR count). The Kier molecular flexibility index (Phi) is 5.09. The lowest BCUT2D eigenvalue weighted by Crippen LogP contribution is -2.04. The van der Waals surface area contributed by atoms with Crippen LogP contribution in [0.15, 0.2) is 40.9 Å². The lowest BCUT2D eigenvalue weighted by molar-refractivity contribution is 0.302. The Morgan fingerprint density at radius 2 is 1.95 bits per heavy atom. The second kappa shape index (κ2) is 6.81. The number of nitrogens with two attached hydrogens (primary N) is 1. The summed E-state index contributed by atoms with van der Waals surface area (Å²) in [6, 6.07) is 9.17. The first kappa shape index (κ1) is 14.9. The van der Waals surface area contributed by atoms with Crippen molar-refractivity contribution < 1.29 is 13.5 Å². The van der Waals surface area contributed by atoms with Crippen LogP contribution in [0, 0.1) is 11.6 Å². The molecule has 0 aliphatic rings. The molecule has 106 valence electrons. The lowest BCUT2D eigenvalue weighted by Gasteiger charge is -2.10. The number of benzene rings is 2. The first-order valence-corrected chi connectivity index (χ1v) is 6.94. The highest BCUT2D eigenvalue weighted by Gasteiger charge is 2.07. The van der Waals surface area contributed by atoms with Gasteiger partial charge >= 0.3 is 0 Å². The second-order valence-corrected chi connectivity index (χ2v) is 5.13. The summed E-state index contributed by atoms with van der Waals surface area (Å²) < 4.78 is 32.7. The molecule has 0 atom stereocenters. The van der Waals surface area contributed by atoms with Gasteiger partial charge in [0.05, 0.1) is 4.47 Å². The summed E-state index contributed by atoms with van der Waals surface area (Å²) in [5.74, 6) is -0.317. The van der Waals surface area contributed by atoms with E-state index >= 15 is 0 Å². The van der Waals surface area contributed by atoms with Gasteiger partial charge < -0.3 is 10.5 Å². The Morgan fingerprint density at radius 3 is 2.70 bits per heavy atom. The van der Waals surface area contributed by atoms with E-state index in [4.69, 9.17) is 10.5 Å². The molecule has 0 unspecified atom stereocenters. The third-order valence-electron chi connectivity index (χ3n) is 2.79. The van der Waals surface area contributed by atoms with E-state index in [0.717, 1.165) is 5.56 Å². The molecule has 0 aliphatic carbocycles. The van der Waals surface area contributed by atoms with E-state index in [0.29, 0.717) is 28.8 Å². The fourth-order valence-corrected chi connectivity index (χ4v) is 2.21. The van der Waals surface area contributed by atoms with E-state index < -0.39 is 0 Å². The topological polar surface area (TPSA) is 35.2 Å². The highest BCUT2D eigenvalue weighted by molar-refractivity contribution is 9.10. The highest BCUT2D eigenvalue weighted by atomic mass is 79.9. The minimum atomic E-state index is -0.371. The quantitative estimate of drug-likeness (QED) is 0.897. The predicted octanol–water partition coefficient (Wildman–Crippen LogP) is 3.81. The lowest BCUT2D eigenvalue weighted by atomic mass is 10.1. The van der Waals surface area contributed by atoms with Gasteiger partial charge in [0.2, 0.25) is 0 Å². The maximum absolute atomic E-state index is 13.4. The van der Waals surface area contributed by atoms with Crippen molar-refractivity contribution in [2.45, 2.75) is 13.0 Å². The Hall–Kier alpha value is -1.46. The standard InChI is InChI=1S/C15H14BrF2NO/c16-15-11(2-1-3-14(15)18)9-20-13-7-10(4-5-19)6-12(17)8-13/h1-3,6-8H,4-5,9,19H2. The summed E-state index contributed by atoms with van der Waals surface area (Å²) in [7, 11) is 0. The summed E-state index contributed by atoms with van der Waals surface area (Å²) >= 11 is 3.16. The van der Waals surface area contributed by atoms with Crippen LogP contribution in [0.1, 0.15) is 11.1 Å². The zero-order valence-corrected chi connectivity index (χ0v) is 12.3. The van der Waals surface area contributed by atoms with Crippen LogP contribution in [0.2, 0.25) is 0 Å². The zero-order valence-electron chi connectivity index (χ0n) is 10.7. The third-order valence-corrected chi connectivity index (χ3v) is 3.68. The van der Waals surface area contributed by atoms with Crippen LogP contribution in [0.3, 0.4) is 0 Å². The molecule has 0 aliphatic heterocycles. The smallest absolute Gasteiger partial charge is 0.137 e. The predicted molar refractivity (Wildman–Crippen MR) is 77.6 cm³/mol. The molecule has 0 aromatic heterocycles. The van der Waals surface area contributed by atoms with E-state index in [1.54, 1.807) is 18.2 Å². The van der Waals surface area contributed by atoms with Crippen molar-refractivity contribution in [2.24, 2.45) is 5.73 Å². The molecule has 2 N–H and O–H groups in total. The number of hydrogen-bond acceptors (Lipinski definition) is 2. The van der Waals surface area contributed by atoms with Gasteiger partial charge in [0, 0.05) is 11.6 Å². The summed E-state index contributed by atoms with van der Waals surface area (Å²) in [6.45, 7) is 0.599. The Labute approximate surface area is 124 Å². The fraction of sp³-hybridized carbons (Fsp3) is 0.200. The van der Waals surface area contributed by atoms with Crippen LogP contribution in [0.5, 0.6) is 5.75 Å². The SMILES string of the molecule is NCCc1cc(F)cc(OCc2cccc(F)c2Br)c1. The van der Waals surface area contributed by atoms with Crippen LogP contribution in [0.4, 0.5) is 8.78 Å². The molecule has 2 nitrogen and oxygen atoms in total. The van der Waals surface area contributed by atoms with Gasteiger partial charge in [-0.1, -0.05) is 12.1 Å². The van der Waals surface area contributed by atoms with Crippen molar-refractivity contribution in [3.05, 3.63) is 63.6 Å². The number of rotatable bonds is 5. The molecule has 0 bridgehead atoms. The van der Waals surface area contributed by atoms with Gasteiger partial charge in [-0.2, -0.15) is 0 Å². The first-order chi connectivity index (χ1) is 9.60. The maximum atomic E-state index is 13.4. The largest absolute Gasteiger partial charge is 0.489 e. The normalized spacial score (nSPS) is 10.6. The Balaban J connectivity index is 2.12. The molecule has 20 heavy (non-hydrogen) atoms. The summed E-state index contributed by atoms with van der Waals surface area (Å²) in [4.78, 5) is 0. The first-order valence-electron chi connectivity index (χ1n) is 6.15. The van der Waals surface area contributed by atoms with Crippen LogP contribution < -0.4 is 10.5 Å². The van der Waals surface area contributed by atoms with Crippen molar-refractivity contribution in [3.8, 4) is 5.75 Å². The van der Waals surface area contributed by atoms with Crippen molar-refractivity contribution in [1.29, 1.82) is 0 Å². The van der Waals surface area contributed by atoms with E-state index in [9.17, 15) is 8.78 Å². The molecule has 5 heteroatoms. The van der Waals surface area contributed by atoms with Gasteiger partial charge in [0.1, 0.15) is 24.0 Å². The summed E-state index contributed by atoms with van der Waals surface area (Å²) in [6.07, 6.45) is 0.581. The average Bonchev–Trinajstić information content (AvgIpc) is 2.40. The van der Waals surface area contributed by atoms with E-state index in [-0.39, 0.29) is 18.2 Å². The van der Waals surface area contributed by atoms with Crippen molar-refractivity contribution in [2.75, 3.05) is 6.54 Å². The Morgan fingerprint density at radius 1 is 1.15 bits per heavy atom. The number of hydrogen-bond donors (Lipinski definition) is 1. The monoisotopic (exact) mass is 341 g/mol. The average molecular weight is 342 g/mol. The molecule has 0 spiro atoms. The van der Waals surface area contributed by atoms with Crippen LogP contribution in [0.25, 0.3) is 0 Å². The summed E-state index contributed by atoms with van der Waals surface area (Å²) in [5, 5.41) is 0. The van der Waals surface area contributed by atoms with Crippen molar-refractivity contribution in [3.63, 3.8) is 0 Å². The molecule has 0 saturated carbocycles. The van der Waals surface area contributed by atoms with Gasteiger partial charge in [0.25, 0.3) is 0 Å². The minimum absolute atomic E-state index is 0.157. The van der Waals surface area contributed by atoms with Crippen LogP contribution in [-0.4, -0.2) is 6.54 Å². The second-order valence-electron chi connectivity index (χ2n) is 4.34. The molecule has 0 amide bonds. The molecular weight excluding hydrogens is 328 g/mol. The molecule has 0 fully saturated rings. The van der Waals surface area contributed by atoms with Crippen LogP contribution in [-0.2, 0) is 13.0 Å². The molecule has 2 aromatic carbocycles. The molecular formula is C15H14BrF2NO. The van der Waals surface area contributed by atoms with Gasteiger partial charge in [-0.15, -0.1) is 0 Å². The van der Waals surface area contributed by atoms with Gasteiger partial charge in [-0.3, -0.25) is 0 Å². The van der Waals surface area contributed by atoms with Crippen molar-refractivity contribution >= 4 is 15.9 Å². The zero-order chi connectivity index (χ0) is 14.5. The number of ether oxygens (including phenoxy) is 1. The highest BCUT2D eigenvalue weighted by Crippen LogP contribution is 2.23.